The number of rotatable bonds is 10. The van der Waals surface area contributed by atoms with Crippen LogP contribution in [-0.2, 0) is 14.4 Å². The Bertz CT molecular complexity index is 292. The number of carboxylic acids is 1. The molecule has 0 heterocycles. The van der Waals surface area contributed by atoms with E-state index < -0.39 is 5.97 Å². The van der Waals surface area contributed by atoms with Crippen molar-refractivity contribution in [2.75, 3.05) is 13.6 Å². The lowest BCUT2D eigenvalue weighted by Crippen LogP contribution is -2.32. The van der Waals surface area contributed by atoms with Crippen molar-refractivity contribution in [2.24, 2.45) is 0 Å². The van der Waals surface area contributed by atoms with E-state index in [1.165, 1.54) is 0 Å². The summed E-state index contributed by atoms with van der Waals surface area (Å²) in [5, 5.41) is 14.0. The Morgan fingerprint density at radius 2 is 1.83 bits per heavy atom. The number of Topliss-reactive ketones (excluding diaryl/α,β-unsaturated/α-hetero) is 1. The first-order chi connectivity index (χ1) is 8.47. The molecule has 0 rings (SSSR count). The third kappa shape index (κ3) is 8.69. The van der Waals surface area contributed by atoms with Gasteiger partial charge in [-0.15, -0.1) is 0 Å². The highest BCUT2D eigenvalue weighted by atomic mass is 16.4. The number of likely N-dealkylation sites (N-methyl/N-ethyl adjacent to an activating group) is 1. The molecule has 0 radical (unpaired) electrons. The van der Waals surface area contributed by atoms with Gasteiger partial charge in [0.2, 0.25) is 5.91 Å². The Balaban J connectivity index is 3.53. The predicted molar refractivity (Wildman–Crippen MR) is 67.3 cm³/mol. The molecule has 0 fully saturated rings. The monoisotopic (exact) mass is 258 g/mol. The molecule has 1 amide bonds. The van der Waals surface area contributed by atoms with Crippen molar-refractivity contribution in [3.8, 4) is 0 Å². The van der Waals surface area contributed by atoms with Crippen LogP contribution in [0.4, 0.5) is 0 Å². The second-order valence-corrected chi connectivity index (χ2v) is 4.19. The fourth-order valence-electron chi connectivity index (χ4n) is 1.56. The molecule has 0 saturated carbocycles. The molecule has 0 aliphatic rings. The molecule has 3 N–H and O–H groups in total. The fourth-order valence-corrected chi connectivity index (χ4v) is 1.56. The molecule has 0 bridgehead atoms. The van der Waals surface area contributed by atoms with Crippen LogP contribution >= 0.6 is 0 Å². The summed E-state index contributed by atoms with van der Waals surface area (Å²) in [5.74, 6) is -1.10. The third-order valence-electron chi connectivity index (χ3n) is 2.65. The summed E-state index contributed by atoms with van der Waals surface area (Å²) in [6, 6.07) is -0.118. The number of amides is 1. The Morgan fingerprint density at radius 3 is 2.33 bits per heavy atom. The van der Waals surface area contributed by atoms with Crippen LogP contribution in [0.1, 0.15) is 39.0 Å². The molecule has 0 aromatic carbocycles. The summed E-state index contributed by atoms with van der Waals surface area (Å²) >= 11 is 0. The molecule has 6 heteroatoms. The molecule has 0 aliphatic heterocycles. The van der Waals surface area contributed by atoms with Crippen LogP contribution in [-0.4, -0.2) is 42.4 Å². The zero-order valence-corrected chi connectivity index (χ0v) is 11.0. The maximum Gasteiger partial charge on any atom is 0.303 e. The van der Waals surface area contributed by atoms with Crippen molar-refractivity contribution >= 4 is 17.7 Å². The molecule has 0 aliphatic carbocycles. The van der Waals surface area contributed by atoms with Crippen LogP contribution in [0, 0.1) is 0 Å². The van der Waals surface area contributed by atoms with Crippen molar-refractivity contribution in [1.82, 2.24) is 10.6 Å². The summed E-state index contributed by atoms with van der Waals surface area (Å²) in [6.07, 6.45) is 2.24. The molecular weight excluding hydrogens is 236 g/mol. The van der Waals surface area contributed by atoms with Crippen molar-refractivity contribution < 1.29 is 19.5 Å². The van der Waals surface area contributed by atoms with Crippen molar-refractivity contribution in [1.29, 1.82) is 0 Å². The Kier molecular flexibility index (Phi) is 8.82. The van der Waals surface area contributed by atoms with Gasteiger partial charge in [0.05, 0.1) is 12.5 Å². The van der Waals surface area contributed by atoms with E-state index in [1.807, 2.05) is 0 Å². The standard InChI is InChI=1S/C12H22N2O4/c1-9(15)10(13-2)5-3-4-8-14-11(16)6-7-12(17)18/h10,13H,3-8H2,1-2H3,(H,14,16)(H,17,18). The highest BCUT2D eigenvalue weighted by molar-refractivity contribution is 5.81. The van der Waals surface area contributed by atoms with Crippen molar-refractivity contribution in [2.45, 2.75) is 45.1 Å². The topological polar surface area (TPSA) is 95.5 Å². The lowest BCUT2D eigenvalue weighted by Gasteiger charge is -2.12. The average Bonchev–Trinajstić information content (AvgIpc) is 2.30. The first-order valence-electron chi connectivity index (χ1n) is 6.13. The van der Waals surface area contributed by atoms with E-state index in [2.05, 4.69) is 10.6 Å². The average molecular weight is 258 g/mol. The van der Waals surface area contributed by atoms with Gasteiger partial charge in [0, 0.05) is 13.0 Å². The number of ketones is 1. The Morgan fingerprint density at radius 1 is 1.17 bits per heavy atom. The zero-order valence-electron chi connectivity index (χ0n) is 11.0. The van der Waals surface area contributed by atoms with Crippen molar-refractivity contribution in [3.05, 3.63) is 0 Å². The lowest BCUT2D eigenvalue weighted by molar-refractivity contribution is -0.138. The SMILES string of the molecule is CNC(CCCCNC(=O)CCC(=O)O)C(C)=O. The van der Waals surface area contributed by atoms with Gasteiger partial charge in [-0.1, -0.05) is 0 Å². The van der Waals surface area contributed by atoms with E-state index in [9.17, 15) is 14.4 Å². The van der Waals surface area contributed by atoms with Crippen LogP contribution in [0.5, 0.6) is 0 Å². The molecular formula is C12H22N2O4. The normalized spacial score (nSPS) is 11.9. The minimum absolute atomic E-state index is 0.0158. The minimum atomic E-state index is -0.969. The van der Waals surface area contributed by atoms with E-state index in [4.69, 9.17) is 5.11 Å². The molecule has 0 spiro atoms. The number of aliphatic carboxylic acids is 1. The molecule has 6 nitrogen and oxygen atoms in total. The van der Waals surface area contributed by atoms with Crippen molar-refractivity contribution in [3.63, 3.8) is 0 Å². The summed E-state index contributed by atoms with van der Waals surface area (Å²) in [6.45, 7) is 2.07. The third-order valence-corrected chi connectivity index (χ3v) is 2.65. The fraction of sp³-hybridized carbons (Fsp3) is 0.750. The van der Waals surface area contributed by atoms with Gasteiger partial charge in [-0.05, 0) is 33.2 Å². The van der Waals surface area contributed by atoms with E-state index in [-0.39, 0.29) is 30.6 Å². The van der Waals surface area contributed by atoms with Gasteiger partial charge < -0.3 is 15.7 Å². The predicted octanol–water partition coefficient (Wildman–Crippen LogP) is 0.315. The molecule has 104 valence electrons. The highest BCUT2D eigenvalue weighted by Gasteiger charge is 2.10. The highest BCUT2D eigenvalue weighted by Crippen LogP contribution is 2.01. The first kappa shape index (κ1) is 16.6. The quantitative estimate of drug-likeness (QED) is 0.490. The minimum Gasteiger partial charge on any atom is -0.481 e. The molecule has 18 heavy (non-hydrogen) atoms. The van der Waals surface area contributed by atoms with Crippen LogP contribution < -0.4 is 10.6 Å². The number of nitrogens with one attached hydrogen (secondary N) is 2. The van der Waals surface area contributed by atoms with Gasteiger partial charge in [-0.2, -0.15) is 0 Å². The number of unbranched alkanes of at least 4 members (excludes halogenated alkanes) is 1. The van der Waals surface area contributed by atoms with E-state index in [0.29, 0.717) is 6.54 Å². The van der Waals surface area contributed by atoms with Gasteiger partial charge >= 0.3 is 5.97 Å². The second kappa shape index (κ2) is 9.58. The van der Waals surface area contributed by atoms with Gasteiger partial charge in [-0.3, -0.25) is 14.4 Å². The van der Waals surface area contributed by atoms with Crippen LogP contribution in [0.3, 0.4) is 0 Å². The van der Waals surface area contributed by atoms with Crippen LogP contribution in [0.15, 0.2) is 0 Å². The zero-order chi connectivity index (χ0) is 14.0. The van der Waals surface area contributed by atoms with Gasteiger partial charge in [0.15, 0.2) is 0 Å². The van der Waals surface area contributed by atoms with Gasteiger partial charge in [-0.25, -0.2) is 0 Å². The number of hydrogen-bond donors (Lipinski definition) is 3. The molecule has 1 unspecified atom stereocenters. The second-order valence-electron chi connectivity index (χ2n) is 4.19. The molecule has 0 aromatic rings. The maximum absolute atomic E-state index is 11.2. The Labute approximate surface area is 107 Å². The number of hydrogen-bond acceptors (Lipinski definition) is 4. The first-order valence-corrected chi connectivity index (χ1v) is 6.13. The number of carboxylic acid groups (broad SMARTS) is 1. The molecule has 1 atom stereocenters. The van der Waals surface area contributed by atoms with Crippen LogP contribution in [0.2, 0.25) is 0 Å². The molecule has 0 aromatic heterocycles. The summed E-state index contributed by atoms with van der Waals surface area (Å²) in [4.78, 5) is 32.5. The summed E-state index contributed by atoms with van der Waals surface area (Å²) < 4.78 is 0. The molecule has 0 saturated heterocycles. The smallest absolute Gasteiger partial charge is 0.303 e. The number of carbonyl (C=O) groups excluding carboxylic acids is 2. The van der Waals surface area contributed by atoms with E-state index in [0.717, 1.165) is 19.3 Å². The Hall–Kier alpha value is -1.43. The van der Waals surface area contributed by atoms with E-state index >= 15 is 0 Å². The maximum atomic E-state index is 11.2. The van der Waals surface area contributed by atoms with Gasteiger partial charge in [0.25, 0.3) is 0 Å². The summed E-state index contributed by atoms with van der Waals surface area (Å²) in [7, 11) is 1.75. The van der Waals surface area contributed by atoms with E-state index in [1.54, 1.807) is 14.0 Å². The van der Waals surface area contributed by atoms with Crippen LogP contribution in [0.25, 0.3) is 0 Å². The lowest BCUT2D eigenvalue weighted by atomic mass is 10.1. The summed E-state index contributed by atoms with van der Waals surface area (Å²) in [5.41, 5.74) is 0. The largest absolute Gasteiger partial charge is 0.481 e. The number of carbonyl (C=O) groups is 3. The van der Waals surface area contributed by atoms with Gasteiger partial charge in [0.1, 0.15) is 5.78 Å².